The van der Waals surface area contributed by atoms with Gasteiger partial charge >= 0.3 is 0 Å². The molecule has 4 N–H and O–H groups in total. The number of thioether (sulfide) groups is 1. The summed E-state index contributed by atoms with van der Waals surface area (Å²) in [6.07, 6.45) is 18.8. The lowest BCUT2D eigenvalue weighted by atomic mass is 9.56. The Balaban J connectivity index is 1.16. The number of Topliss-reactive ketones (excluding diaryl/α,β-unsaturated/α-hetero) is 2. The fraction of sp³-hybridized carbons (Fsp3) is 0.828. The first-order chi connectivity index (χ1) is 16.9. The number of allylic oxidation sites excluding steroid dienone is 2. The molecule has 7 atom stereocenters. The summed E-state index contributed by atoms with van der Waals surface area (Å²) in [5.41, 5.74) is 13.3. The van der Waals surface area contributed by atoms with Gasteiger partial charge in [-0.1, -0.05) is 38.2 Å². The molecule has 0 bridgehead atoms. The summed E-state index contributed by atoms with van der Waals surface area (Å²) in [7, 11) is 0. The standard InChI is InChI=1S/C29H44N2O3S/c30-22-16-24(27(31)26-25(22)28(33)20-8-4-5-9-21(20)29(26)34)35-19-13-11-18(12-14-19)23(32)15-10-17-6-2-1-3-7-17/h10,15,17-22,24-27H,1-9,11-14,16,30-31H2. The van der Waals surface area contributed by atoms with E-state index in [1.807, 2.05) is 17.8 Å². The second-order valence-electron chi connectivity index (χ2n) is 12.1. The highest BCUT2D eigenvalue weighted by Crippen LogP contribution is 2.48. The van der Waals surface area contributed by atoms with Crippen molar-refractivity contribution in [1.29, 1.82) is 0 Å². The highest BCUT2D eigenvalue weighted by molar-refractivity contribution is 8.00. The Morgan fingerprint density at radius 3 is 2.03 bits per heavy atom. The number of hydrogen-bond donors (Lipinski definition) is 2. The number of hydrogen-bond acceptors (Lipinski definition) is 6. The van der Waals surface area contributed by atoms with Gasteiger partial charge in [-0.2, -0.15) is 11.8 Å². The maximum absolute atomic E-state index is 13.5. The van der Waals surface area contributed by atoms with Crippen molar-refractivity contribution in [3.63, 3.8) is 0 Å². The molecule has 5 aliphatic rings. The van der Waals surface area contributed by atoms with Crippen molar-refractivity contribution in [2.75, 3.05) is 0 Å². The van der Waals surface area contributed by atoms with Gasteiger partial charge < -0.3 is 11.5 Å². The molecule has 0 aromatic rings. The molecule has 5 rings (SSSR count). The number of rotatable bonds is 5. The number of nitrogens with two attached hydrogens (primary N) is 2. The van der Waals surface area contributed by atoms with Gasteiger partial charge in [0.15, 0.2) is 5.78 Å². The van der Waals surface area contributed by atoms with Gasteiger partial charge in [0.1, 0.15) is 11.6 Å². The maximum Gasteiger partial charge on any atom is 0.158 e. The molecule has 0 saturated heterocycles. The second-order valence-corrected chi connectivity index (χ2v) is 13.7. The van der Waals surface area contributed by atoms with Gasteiger partial charge in [0, 0.05) is 52.2 Å². The average molecular weight is 501 g/mol. The van der Waals surface area contributed by atoms with Crippen LogP contribution in [0.1, 0.15) is 89.9 Å². The fourth-order valence-electron chi connectivity index (χ4n) is 7.94. The SMILES string of the molecule is NC1CC(SC2CCC(C(=O)C=CC3CCCCC3)CC2)C(N)C2C(=O)C3CCCCC3C(=O)C12. The highest BCUT2D eigenvalue weighted by Gasteiger charge is 2.57. The molecule has 0 spiro atoms. The summed E-state index contributed by atoms with van der Waals surface area (Å²) >= 11 is 1.89. The Hall–Kier alpha value is -0.980. The van der Waals surface area contributed by atoms with Crippen LogP contribution < -0.4 is 11.5 Å². The van der Waals surface area contributed by atoms with E-state index in [1.54, 1.807) is 0 Å². The normalized spacial score (nSPS) is 43.1. The summed E-state index contributed by atoms with van der Waals surface area (Å²) in [5, 5.41) is 0.574. The molecule has 7 unspecified atom stereocenters. The van der Waals surface area contributed by atoms with Crippen molar-refractivity contribution in [1.82, 2.24) is 0 Å². The first kappa shape index (κ1) is 25.7. The molecule has 6 heteroatoms. The van der Waals surface area contributed by atoms with E-state index in [0.29, 0.717) is 23.4 Å². The van der Waals surface area contributed by atoms with Gasteiger partial charge in [-0.05, 0) is 69.8 Å². The summed E-state index contributed by atoms with van der Waals surface area (Å²) in [6, 6.07) is -0.554. The Morgan fingerprint density at radius 1 is 0.771 bits per heavy atom. The molecule has 0 radical (unpaired) electrons. The van der Waals surface area contributed by atoms with Crippen LogP contribution in [0, 0.1) is 35.5 Å². The number of carbonyl (C=O) groups excluding carboxylic acids is 3. The largest absolute Gasteiger partial charge is 0.327 e. The fourth-order valence-corrected chi connectivity index (χ4v) is 9.66. The molecule has 35 heavy (non-hydrogen) atoms. The van der Waals surface area contributed by atoms with Crippen molar-refractivity contribution in [2.45, 2.75) is 112 Å². The maximum atomic E-state index is 13.5. The Labute approximate surface area is 215 Å². The van der Waals surface area contributed by atoms with Crippen molar-refractivity contribution >= 4 is 29.1 Å². The van der Waals surface area contributed by atoms with Crippen LogP contribution in [0.15, 0.2) is 12.2 Å². The predicted molar refractivity (Wildman–Crippen MR) is 141 cm³/mol. The Bertz CT molecular complexity index is 830. The quantitative estimate of drug-likeness (QED) is 0.535. The Kier molecular flexibility index (Phi) is 8.20. The third-order valence-electron chi connectivity index (χ3n) is 9.98. The smallest absolute Gasteiger partial charge is 0.158 e. The van der Waals surface area contributed by atoms with E-state index >= 15 is 0 Å². The Morgan fingerprint density at radius 2 is 1.37 bits per heavy atom. The van der Waals surface area contributed by atoms with Gasteiger partial charge in [-0.15, -0.1) is 0 Å². The zero-order valence-corrected chi connectivity index (χ0v) is 21.9. The number of fused-ring (bicyclic) bond motifs is 2. The van der Waals surface area contributed by atoms with Crippen molar-refractivity contribution in [3.8, 4) is 0 Å². The van der Waals surface area contributed by atoms with Crippen molar-refractivity contribution in [3.05, 3.63) is 12.2 Å². The minimum absolute atomic E-state index is 0.111. The molecule has 5 saturated carbocycles. The van der Waals surface area contributed by atoms with Crippen LogP contribution in [0.2, 0.25) is 0 Å². The minimum atomic E-state index is -0.397. The average Bonchev–Trinajstić information content (AvgIpc) is 2.89. The molecule has 5 fully saturated rings. The van der Waals surface area contributed by atoms with Crippen LogP contribution in [0.3, 0.4) is 0 Å². The number of ketones is 3. The topological polar surface area (TPSA) is 103 Å². The van der Waals surface area contributed by atoms with Gasteiger partial charge in [-0.3, -0.25) is 14.4 Å². The van der Waals surface area contributed by atoms with E-state index in [1.165, 1.54) is 32.1 Å². The van der Waals surface area contributed by atoms with E-state index in [4.69, 9.17) is 11.5 Å². The highest BCUT2D eigenvalue weighted by atomic mass is 32.2. The van der Waals surface area contributed by atoms with Crippen LogP contribution >= 0.6 is 11.8 Å². The molecule has 0 aromatic heterocycles. The van der Waals surface area contributed by atoms with Crippen LogP contribution in [0.25, 0.3) is 0 Å². The van der Waals surface area contributed by atoms with Crippen LogP contribution in [0.5, 0.6) is 0 Å². The summed E-state index contributed by atoms with van der Waals surface area (Å²) in [6.45, 7) is 0. The first-order valence-corrected chi connectivity index (χ1v) is 15.3. The molecule has 194 valence electrons. The third kappa shape index (κ3) is 5.36. The lowest BCUT2D eigenvalue weighted by Crippen LogP contribution is -2.65. The summed E-state index contributed by atoms with van der Waals surface area (Å²) in [4.78, 5) is 39.6. The van der Waals surface area contributed by atoms with E-state index in [9.17, 15) is 14.4 Å². The van der Waals surface area contributed by atoms with E-state index < -0.39 is 5.92 Å². The summed E-state index contributed by atoms with van der Waals surface area (Å²) in [5.74, 6) is 0.508. The molecule has 5 nitrogen and oxygen atoms in total. The van der Waals surface area contributed by atoms with Crippen molar-refractivity contribution in [2.24, 2.45) is 47.0 Å². The van der Waals surface area contributed by atoms with Crippen LogP contribution in [-0.4, -0.2) is 39.9 Å². The van der Waals surface area contributed by atoms with Gasteiger partial charge in [0.05, 0.1) is 0 Å². The zero-order chi connectivity index (χ0) is 24.5. The lowest BCUT2D eigenvalue weighted by molar-refractivity contribution is -0.152. The van der Waals surface area contributed by atoms with E-state index in [0.717, 1.165) is 51.4 Å². The predicted octanol–water partition coefficient (Wildman–Crippen LogP) is 4.60. The van der Waals surface area contributed by atoms with Gasteiger partial charge in [0.25, 0.3) is 0 Å². The first-order valence-electron chi connectivity index (χ1n) is 14.4. The number of carbonyl (C=O) groups is 3. The van der Waals surface area contributed by atoms with Gasteiger partial charge in [0.2, 0.25) is 0 Å². The van der Waals surface area contributed by atoms with Crippen molar-refractivity contribution < 1.29 is 14.4 Å². The summed E-state index contributed by atoms with van der Waals surface area (Å²) < 4.78 is 0. The second kappa shape index (κ2) is 11.2. The molecule has 0 aliphatic heterocycles. The molecular formula is C29H44N2O3S. The third-order valence-corrected chi connectivity index (χ3v) is 11.7. The minimum Gasteiger partial charge on any atom is -0.327 e. The zero-order valence-electron chi connectivity index (χ0n) is 21.1. The monoisotopic (exact) mass is 500 g/mol. The molecular weight excluding hydrogens is 456 g/mol. The van der Waals surface area contributed by atoms with E-state index in [-0.39, 0.29) is 52.6 Å². The molecule has 0 amide bonds. The van der Waals surface area contributed by atoms with Crippen LogP contribution in [-0.2, 0) is 14.4 Å². The lowest BCUT2D eigenvalue weighted by Gasteiger charge is -2.50. The molecule has 0 heterocycles. The molecule has 5 aliphatic carbocycles. The van der Waals surface area contributed by atoms with E-state index in [2.05, 4.69) is 6.08 Å². The van der Waals surface area contributed by atoms with Crippen LogP contribution in [0.4, 0.5) is 0 Å². The molecule has 0 aromatic carbocycles. The van der Waals surface area contributed by atoms with Gasteiger partial charge in [-0.25, -0.2) is 0 Å².